The fourth-order valence-electron chi connectivity index (χ4n) is 4.06. The molecule has 0 spiro atoms. The highest BCUT2D eigenvalue weighted by molar-refractivity contribution is 6.32. The van der Waals surface area contributed by atoms with Gasteiger partial charge in [-0.2, -0.15) is 4.99 Å². The van der Waals surface area contributed by atoms with E-state index in [1.807, 2.05) is 0 Å². The molecule has 1 aromatic carbocycles. The van der Waals surface area contributed by atoms with Crippen LogP contribution in [0.4, 0.5) is 4.39 Å². The van der Waals surface area contributed by atoms with Crippen LogP contribution in [0.15, 0.2) is 47.3 Å². The fraction of sp³-hybridized carbons (Fsp3) is 0.435. The number of nitrogens with one attached hydrogen (secondary N) is 1. The van der Waals surface area contributed by atoms with Gasteiger partial charge in [0.25, 0.3) is 11.8 Å². The Bertz CT molecular complexity index is 921. The number of nitrogens with zero attached hydrogens (tertiary/aromatic N) is 2. The zero-order chi connectivity index (χ0) is 23.1. The Balaban J connectivity index is 1.78. The zero-order valence-electron chi connectivity index (χ0n) is 18.0. The van der Waals surface area contributed by atoms with Crippen molar-refractivity contribution in [1.29, 1.82) is 0 Å². The number of benzene rings is 1. The number of rotatable bonds is 8. The smallest absolute Gasteiger partial charge is 0.270 e. The van der Waals surface area contributed by atoms with Crippen LogP contribution in [0.1, 0.15) is 38.5 Å². The summed E-state index contributed by atoms with van der Waals surface area (Å²) >= 11 is 6.03. The molecule has 0 radical (unpaired) electrons. The molecule has 9 heteroatoms. The Hall–Kier alpha value is -2.87. The second-order valence-electron chi connectivity index (χ2n) is 7.98. The molecule has 2 aliphatic rings. The van der Waals surface area contributed by atoms with Crippen molar-refractivity contribution < 1.29 is 18.7 Å². The quantitative estimate of drug-likeness (QED) is 0.455. The third-order valence-electron chi connectivity index (χ3n) is 5.65. The van der Waals surface area contributed by atoms with Gasteiger partial charge in [0.15, 0.2) is 11.6 Å². The number of hydrogen-bond donors (Lipinski definition) is 2. The Labute approximate surface area is 192 Å². The summed E-state index contributed by atoms with van der Waals surface area (Å²) in [4.78, 5) is 31.2. The molecular weight excluding hydrogens is 435 g/mol. The highest BCUT2D eigenvalue weighted by atomic mass is 35.5. The van der Waals surface area contributed by atoms with Crippen molar-refractivity contribution in [3.63, 3.8) is 0 Å². The van der Waals surface area contributed by atoms with Gasteiger partial charge in [0.05, 0.1) is 11.6 Å². The van der Waals surface area contributed by atoms with Crippen molar-refractivity contribution in [2.75, 3.05) is 13.6 Å². The number of carbonyl (C=O) groups excluding carboxylic acids is 2. The van der Waals surface area contributed by atoms with E-state index in [0.29, 0.717) is 12.3 Å². The molecule has 1 saturated carbocycles. The van der Waals surface area contributed by atoms with E-state index in [9.17, 15) is 14.0 Å². The maximum Gasteiger partial charge on any atom is 0.270 e. The summed E-state index contributed by atoms with van der Waals surface area (Å²) < 4.78 is 19.7. The molecule has 3 N–H and O–H groups in total. The minimum absolute atomic E-state index is 0.0222. The van der Waals surface area contributed by atoms with Crippen molar-refractivity contribution in [3.05, 3.63) is 53.2 Å². The predicted molar refractivity (Wildman–Crippen MR) is 122 cm³/mol. The Kier molecular flexibility index (Phi) is 8.27. The van der Waals surface area contributed by atoms with Gasteiger partial charge in [-0.15, -0.1) is 0 Å². The first-order valence-corrected chi connectivity index (χ1v) is 11.1. The number of amidine groups is 1. The molecule has 32 heavy (non-hydrogen) atoms. The summed E-state index contributed by atoms with van der Waals surface area (Å²) in [5, 5.41) is 2.88. The largest absolute Gasteiger partial charge is 0.455 e. The lowest BCUT2D eigenvalue weighted by molar-refractivity contribution is -0.134. The molecule has 0 saturated heterocycles. The minimum Gasteiger partial charge on any atom is -0.455 e. The van der Waals surface area contributed by atoms with E-state index in [2.05, 4.69) is 10.3 Å². The van der Waals surface area contributed by atoms with E-state index in [1.54, 1.807) is 13.2 Å². The lowest BCUT2D eigenvalue weighted by atomic mass is 9.84. The minimum atomic E-state index is -0.777. The van der Waals surface area contributed by atoms with Gasteiger partial charge in [0.2, 0.25) is 0 Å². The first-order valence-electron chi connectivity index (χ1n) is 10.7. The lowest BCUT2D eigenvalue weighted by Gasteiger charge is -2.30. The van der Waals surface area contributed by atoms with Gasteiger partial charge in [-0.25, -0.2) is 4.39 Å². The van der Waals surface area contributed by atoms with Gasteiger partial charge in [0, 0.05) is 13.1 Å². The van der Waals surface area contributed by atoms with Crippen LogP contribution in [0.3, 0.4) is 0 Å². The molecule has 1 fully saturated rings. The maximum absolute atomic E-state index is 14.1. The summed E-state index contributed by atoms with van der Waals surface area (Å²) in [7, 11) is 1.70. The highest BCUT2D eigenvalue weighted by Crippen LogP contribution is 2.33. The third-order valence-corrected chi connectivity index (χ3v) is 5.95. The molecule has 0 bridgehead atoms. The molecule has 1 aromatic rings. The van der Waals surface area contributed by atoms with Crippen LogP contribution >= 0.6 is 11.6 Å². The van der Waals surface area contributed by atoms with Crippen molar-refractivity contribution in [1.82, 2.24) is 10.2 Å². The second-order valence-corrected chi connectivity index (χ2v) is 8.39. The van der Waals surface area contributed by atoms with Crippen LogP contribution < -0.4 is 15.8 Å². The first-order chi connectivity index (χ1) is 15.4. The van der Waals surface area contributed by atoms with E-state index in [4.69, 9.17) is 22.1 Å². The molecule has 1 atom stereocenters. The number of carbonyl (C=O) groups is 2. The monoisotopic (exact) mass is 462 g/mol. The average Bonchev–Trinajstić information content (AvgIpc) is 3.13. The van der Waals surface area contributed by atoms with Gasteiger partial charge >= 0.3 is 0 Å². The summed E-state index contributed by atoms with van der Waals surface area (Å²) in [6, 6.07) is 3.41. The number of para-hydroxylation sites is 1. The van der Waals surface area contributed by atoms with Crippen LogP contribution in [0.5, 0.6) is 5.75 Å². The Morgan fingerprint density at radius 3 is 2.84 bits per heavy atom. The summed E-state index contributed by atoms with van der Waals surface area (Å²) in [5.74, 6) is -1.07. The van der Waals surface area contributed by atoms with E-state index in [-0.39, 0.29) is 34.8 Å². The number of amides is 2. The molecule has 1 heterocycles. The van der Waals surface area contributed by atoms with Crippen LogP contribution in [-0.2, 0) is 9.59 Å². The number of nitrogens with two attached hydrogens (primary N) is 1. The molecule has 3 rings (SSSR count). The van der Waals surface area contributed by atoms with Crippen LogP contribution in [0.2, 0.25) is 5.02 Å². The maximum atomic E-state index is 14.1. The topological polar surface area (TPSA) is 97.0 Å². The normalized spacial score (nSPS) is 18.7. The third kappa shape index (κ3) is 6.09. The van der Waals surface area contributed by atoms with E-state index in [0.717, 1.165) is 25.7 Å². The van der Waals surface area contributed by atoms with E-state index in [1.165, 1.54) is 41.7 Å². The zero-order valence-corrected chi connectivity index (χ0v) is 18.8. The molecule has 7 nitrogen and oxygen atoms in total. The van der Waals surface area contributed by atoms with Crippen molar-refractivity contribution in [2.24, 2.45) is 16.6 Å². The number of halogens is 2. The van der Waals surface area contributed by atoms with Gasteiger partial charge in [-0.05, 0) is 36.7 Å². The molecule has 1 unspecified atom stereocenters. The molecule has 0 aromatic heterocycles. The van der Waals surface area contributed by atoms with Gasteiger partial charge < -0.3 is 20.7 Å². The summed E-state index contributed by atoms with van der Waals surface area (Å²) in [5.41, 5.74) is 5.83. The molecule has 2 amide bonds. The van der Waals surface area contributed by atoms with Gasteiger partial charge in [0.1, 0.15) is 17.6 Å². The number of ether oxygens (including phenoxy) is 1. The van der Waals surface area contributed by atoms with Crippen molar-refractivity contribution in [2.45, 2.75) is 44.6 Å². The van der Waals surface area contributed by atoms with Crippen molar-refractivity contribution in [3.8, 4) is 5.75 Å². The highest BCUT2D eigenvalue weighted by Gasteiger charge is 2.36. The molecule has 1 aliphatic carbocycles. The Morgan fingerprint density at radius 1 is 1.41 bits per heavy atom. The van der Waals surface area contributed by atoms with Crippen LogP contribution in [0.25, 0.3) is 0 Å². The lowest BCUT2D eigenvalue weighted by Crippen LogP contribution is -2.44. The Morgan fingerprint density at radius 2 is 2.16 bits per heavy atom. The van der Waals surface area contributed by atoms with E-state index >= 15 is 0 Å². The number of hydrogen-bond acceptors (Lipinski definition) is 4. The molecular formula is C23H28ClFN4O3. The predicted octanol–water partition coefficient (Wildman–Crippen LogP) is 3.54. The van der Waals surface area contributed by atoms with Crippen molar-refractivity contribution >= 4 is 29.3 Å². The van der Waals surface area contributed by atoms with Gasteiger partial charge in [-0.3, -0.25) is 9.59 Å². The molecule has 1 aliphatic heterocycles. The summed E-state index contributed by atoms with van der Waals surface area (Å²) in [6.07, 6.45) is 10.2. The SMILES string of the molecule is CN/C=C\C(N)=NC(=O)C(CC1CCCCC1)N1CC(Oc2c(F)cccc2Cl)=CC1=O. The van der Waals surface area contributed by atoms with Crippen LogP contribution in [-0.4, -0.2) is 42.2 Å². The molecule has 172 valence electrons. The number of aliphatic imine (C=N–C) groups is 1. The van der Waals surface area contributed by atoms with E-state index < -0.39 is 17.8 Å². The van der Waals surface area contributed by atoms with Gasteiger partial charge in [-0.1, -0.05) is 49.8 Å². The average molecular weight is 463 g/mol. The standard InChI is InChI=1S/C23H28ClFN4O3/c1-27-11-10-20(26)28-23(31)19(12-15-6-3-2-4-7-15)29-14-16(13-21(29)30)32-22-17(24)8-5-9-18(22)25/h5,8-11,13,15,19,27H,2-4,6-7,12,14H2,1H3,(H2,26,28,31)/b11-10-. The summed E-state index contributed by atoms with van der Waals surface area (Å²) in [6.45, 7) is 0.0222. The first kappa shape index (κ1) is 23.8. The second kappa shape index (κ2) is 11.1. The van der Waals surface area contributed by atoms with Crippen LogP contribution in [0, 0.1) is 11.7 Å². The fourth-order valence-corrected chi connectivity index (χ4v) is 4.26.